The molecule has 2 heterocycles. The molecule has 0 radical (unpaired) electrons. The number of halogens is 2. The standard InChI is InChI=1S/C17H13ClFN5OS/c18-12-4-8-14(20-9-12)21-16(25)10-26-17-22-15(23-24-17)7-3-11-1-5-13(19)6-2-11/h1-9H,10H2,(H,20,21,25)(H,22,23,24)/b7-3+. The van der Waals surface area contributed by atoms with E-state index >= 15 is 0 Å². The quantitative estimate of drug-likeness (QED) is 0.625. The van der Waals surface area contributed by atoms with Crippen LogP contribution >= 0.6 is 23.4 Å². The zero-order valence-corrected chi connectivity index (χ0v) is 14.9. The summed E-state index contributed by atoms with van der Waals surface area (Å²) >= 11 is 6.93. The second-order valence-electron chi connectivity index (χ2n) is 5.09. The van der Waals surface area contributed by atoms with Gasteiger partial charge >= 0.3 is 0 Å². The Bertz CT molecular complexity index is 912. The first-order chi connectivity index (χ1) is 12.6. The molecule has 0 bridgehead atoms. The second kappa shape index (κ2) is 8.59. The third-order valence-electron chi connectivity index (χ3n) is 3.11. The highest BCUT2D eigenvalue weighted by Crippen LogP contribution is 2.15. The second-order valence-corrected chi connectivity index (χ2v) is 6.47. The average Bonchev–Trinajstić information content (AvgIpc) is 3.09. The Hall–Kier alpha value is -2.71. The molecule has 0 atom stereocenters. The summed E-state index contributed by atoms with van der Waals surface area (Å²) in [5.41, 5.74) is 0.840. The van der Waals surface area contributed by atoms with Gasteiger partial charge in [-0.15, -0.1) is 5.10 Å². The molecule has 2 N–H and O–H groups in total. The van der Waals surface area contributed by atoms with E-state index in [2.05, 4.69) is 25.5 Å². The Morgan fingerprint density at radius 1 is 1.23 bits per heavy atom. The van der Waals surface area contributed by atoms with E-state index in [4.69, 9.17) is 11.6 Å². The van der Waals surface area contributed by atoms with Crippen molar-refractivity contribution < 1.29 is 9.18 Å². The van der Waals surface area contributed by atoms with Crippen LogP contribution in [-0.2, 0) is 4.79 Å². The van der Waals surface area contributed by atoms with Crippen LogP contribution in [0.5, 0.6) is 0 Å². The Morgan fingerprint density at radius 2 is 2.04 bits per heavy atom. The largest absolute Gasteiger partial charge is 0.310 e. The Kier molecular flexibility index (Phi) is 5.98. The highest BCUT2D eigenvalue weighted by atomic mass is 35.5. The topological polar surface area (TPSA) is 83.6 Å². The summed E-state index contributed by atoms with van der Waals surface area (Å²) in [6, 6.07) is 9.35. The molecule has 3 aromatic rings. The number of nitrogens with one attached hydrogen (secondary N) is 2. The van der Waals surface area contributed by atoms with Gasteiger partial charge in [-0.1, -0.05) is 41.6 Å². The number of aromatic amines is 1. The minimum Gasteiger partial charge on any atom is -0.310 e. The normalized spacial score (nSPS) is 11.0. The Labute approximate surface area is 157 Å². The fourth-order valence-corrected chi connectivity index (χ4v) is 2.62. The molecule has 0 fully saturated rings. The lowest BCUT2D eigenvalue weighted by atomic mass is 10.2. The molecule has 9 heteroatoms. The number of thioether (sulfide) groups is 1. The lowest BCUT2D eigenvalue weighted by Gasteiger charge is -2.02. The number of nitrogens with zero attached hydrogens (tertiary/aromatic N) is 3. The van der Waals surface area contributed by atoms with E-state index in [1.54, 1.807) is 36.4 Å². The fourth-order valence-electron chi connectivity index (χ4n) is 1.91. The number of aromatic nitrogens is 4. The van der Waals surface area contributed by atoms with Crippen molar-refractivity contribution in [1.82, 2.24) is 20.2 Å². The van der Waals surface area contributed by atoms with Gasteiger partial charge in [0, 0.05) is 6.20 Å². The van der Waals surface area contributed by atoms with E-state index < -0.39 is 0 Å². The van der Waals surface area contributed by atoms with Crippen LogP contribution < -0.4 is 5.32 Å². The van der Waals surface area contributed by atoms with Crippen molar-refractivity contribution >= 4 is 47.2 Å². The van der Waals surface area contributed by atoms with Gasteiger partial charge in [0.05, 0.1) is 10.8 Å². The number of hydrogen-bond donors (Lipinski definition) is 2. The lowest BCUT2D eigenvalue weighted by molar-refractivity contribution is -0.113. The minimum absolute atomic E-state index is 0.142. The molecule has 0 aliphatic carbocycles. The number of carbonyl (C=O) groups excluding carboxylic acids is 1. The van der Waals surface area contributed by atoms with Crippen LogP contribution in [0.25, 0.3) is 12.2 Å². The van der Waals surface area contributed by atoms with E-state index in [9.17, 15) is 9.18 Å². The summed E-state index contributed by atoms with van der Waals surface area (Å²) < 4.78 is 12.9. The summed E-state index contributed by atoms with van der Waals surface area (Å²) in [4.78, 5) is 20.1. The zero-order chi connectivity index (χ0) is 18.4. The molecule has 0 aliphatic heterocycles. The highest BCUT2D eigenvalue weighted by Gasteiger charge is 2.08. The van der Waals surface area contributed by atoms with Gasteiger partial charge in [0.25, 0.3) is 0 Å². The number of benzene rings is 1. The van der Waals surface area contributed by atoms with Crippen LogP contribution in [0.3, 0.4) is 0 Å². The summed E-state index contributed by atoms with van der Waals surface area (Å²) in [7, 11) is 0. The smallest absolute Gasteiger partial charge is 0.236 e. The van der Waals surface area contributed by atoms with Crippen molar-refractivity contribution in [3.05, 3.63) is 64.8 Å². The molecule has 0 saturated carbocycles. The number of carbonyl (C=O) groups is 1. The van der Waals surface area contributed by atoms with Crippen LogP contribution in [0, 0.1) is 5.82 Å². The van der Waals surface area contributed by atoms with E-state index in [1.807, 2.05) is 0 Å². The lowest BCUT2D eigenvalue weighted by Crippen LogP contribution is -2.14. The number of rotatable bonds is 6. The zero-order valence-electron chi connectivity index (χ0n) is 13.3. The fraction of sp³-hybridized carbons (Fsp3) is 0.0588. The molecule has 0 spiro atoms. The summed E-state index contributed by atoms with van der Waals surface area (Å²) in [6.45, 7) is 0. The van der Waals surface area contributed by atoms with Crippen molar-refractivity contribution in [3.63, 3.8) is 0 Å². The molecule has 0 saturated heterocycles. The van der Waals surface area contributed by atoms with Gasteiger partial charge in [-0.25, -0.2) is 14.4 Å². The third kappa shape index (κ3) is 5.40. The number of anilines is 1. The first-order valence-corrected chi connectivity index (χ1v) is 8.85. The van der Waals surface area contributed by atoms with Gasteiger partial charge in [0.2, 0.25) is 11.1 Å². The molecule has 26 heavy (non-hydrogen) atoms. The summed E-state index contributed by atoms with van der Waals surface area (Å²) in [5.74, 6) is 0.601. The van der Waals surface area contributed by atoms with Crippen molar-refractivity contribution in [2.45, 2.75) is 5.16 Å². The van der Waals surface area contributed by atoms with E-state index in [-0.39, 0.29) is 17.5 Å². The van der Waals surface area contributed by atoms with E-state index in [0.29, 0.717) is 21.8 Å². The predicted molar refractivity (Wildman–Crippen MR) is 100 cm³/mol. The molecule has 0 unspecified atom stereocenters. The highest BCUT2D eigenvalue weighted by molar-refractivity contribution is 7.99. The number of amides is 1. The first-order valence-electron chi connectivity index (χ1n) is 7.49. The van der Waals surface area contributed by atoms with Crippen LogP contribution in [0.1, 0.15) is 11.4 Å². The van der Waals surface area contributed by atoms with Crippen molar-refractivity contribution in [2.24, 2.45) is 0 Å². The Morgan fingerprint density at radius 3 is 2.77 bits per heavy atom. The van der Waals surface area contributed by atoms with Crippen molar-refractivity contribution in [3.8, 4) is 0 Å². The van der Waals surface area contributed by atoms with Gasteiger partial charge < -0.3 is 5.32 Å². The van der Waals surface area contributed by atoms with Crippen LogP contribution in [0.15, 0.2) is 47.8 Å². The van der Waals surface area contributed by atoms with Gasteiger partial charge in [-0.3, -0.25) is 9.89 Å². The number of pyridine rings is 1. The maximum absolute atomic E-state index is 12.9. The molecular formula is C17H13ClFN5OS. The predicted octanol–water partition coefficient (Wildman–Crippen LogP) is 3.89. The number of hydrogen-bond acceptors (Lipinski definition) is 5. The van der Waals surface area contributed by atoms with Crippen molar-refractivity contribution in [1.29, 1.82) is 0 Å². The van der Waals surface area contributed by atoms with Crippen LogP contribution in [0.2, 0.25) is 5.02 Å². The van der Waals surface area contributed by atoms with E-state index in [0.717, 1.165) is 5.56 Å². The first kappa shape index (κ1) is 18.1. The summed E-state index contributed by atoms with van der Waals surface area (Å²) in [5, 5.41) is 10.4. The van der Waals surface area contributed by atoms with Gasteiger partial charge in [0.1, 0.15) is 17.5 Å². The van der Waals surface area contributed by atoms with Gasteiger partial charge in [-0.05, 0) is 35.9 Å². The van der Waals surface area contributed by atoms with Crippen LogP contribution in [0.4, 0.5) is 10.2 Å². The molecule has 6 nitrogen and oxygen atoms in total. The molecule has 1 amide bonds. The number of H-pyrrole nitrogens is 1. The molecular weight excluding hydrogens is 377 g/mol. The monoisotopic (exact) mass is 389 g/mol. The SMILES string of the molecule is O=C(CSc1n[nH]c(/C=C/c2ccc(F)cc2)n1)Nc1ccc(Cl)cn1. The Balaban J connectivity index is 1.50. The van der Waals surface area contributed by atoms with Crippen molar-refractivity contribution in [2.75, 3.05) is 11.1 Å². The minimum atomic E-state index is -0.285. The van der Waals surface area contributed by atoms with E-state index in [1.165, 1.54) is 30.1 Å². The molecule has 132 valence electrons. The average molecular weight is 390 g/mol. The van der Waals surface area contributed by atoms with Gasteiger partial charge in [-0.2, -0.15) is 0 Å². The summed E-state index contributed by atoms with van der Waals surface area (Å²) in [6.07, 6.45) is 4.97. The molecule has 0 aliphatic rings. The maximum Gasteiger partial charge on any atom is 0.236 e. The van der Waals surface area contributed by atoms with Gasteiger partial charge in [0.15, 0.2) is 0 Å². The molecule has 3 rings (SSSR count). The van der Waals surface area contributed by atoms with Crippen LogP contribution in [-0.4, -0.2) is 31.8 Å². The molecule has 2 aromatic heterocycles. The third-order valence-corrected chi connectivity index (χ3v) is 4.18. The molecule has 1 aromatic carbocycles. The maximum atomic E-state index is 12.9.